The number of nitrogens with one attached hydrogen (secondary N) is 1. The van der Waals surface area contributed by atoms with E-state index >= 15 is 0 Å². The maximum atomic E-state index is 13.6. The topological polar surface area (TPSA) is 84.3 Å². The molecule has 1 aromatic carbocycles. The Labute approximate surface area is 207 Å². The highest BCUT2D eigenvalue weighted by atomic mass is 16.5. The number of furan rings is 1. The fourth-order valence-corrected chi connectivity index (χ4v) is 5.09. The van der Waals surface area contributed by atoms with E-state index in [9.17, 15) is 9.59 Å². The molecule has 2 aliphatic rings. The molecule has 1 N–H and O–H groups in total. The summed E-state index contributed by atoms with van der Waals surface area (Å²) in [7, 11) is 1.63. The number of carbonyl (C=O) groups is 2. The molecular weight excluding hydrogens is 446 g/mol. The molecule has 8 nitrogen and oxygen atoms in total. The Morgan fingerprint density at radius 3 is 2.54 bits per heavy atom. The lowest BCUT2D eigenvalue weighted by Crippen LogP contribution is -2.45. The second kappa shape index (κ2) is 11.7. The molecule has 8 heteroatoms. The fourth-order valence-electron chi connectivity index (χ4n) is 5.09. The number of rotatable bonds is 10. The first-order valence-electron chi connectivity index (χ1n) is 12.6. The molecule has 1 aromatic heterocycles. The lowest BCUT2D eigenvalue weighted by atomic mass is 9.92. The minimum atomic E-state index is -0.448. The van der Waals surface area contributed by atoms with Gasteiger partial charge in [0.05, 0.1) is 38.3 Å². The lowest BCUT2D eigenvalue weighted by Gasteiger charge is -2.34. The summed E-state index contributed by atoms with van der Waals surface area (Å²) in [6.07, 6.45) is 2.11. The molecule has 2 aliphatic heterocycles. The molecule has 3 heterocycles. The Morgan fingerprint density at radius 2 is 1.91 bits per heavy atom. The molecular formula is C27H37N3O5. The van der Waals surface area contributed by atoms with Gasteiger partial charge < -0.3 is 24.1 Å². The standard InChI is InChI=1S/C27H37N3O5/c1-4-5-12-30-25(31)17-22(26(30)20-7-9-21(33-3)10-8-20)27(32)28-18-23(24-11-6-19(2)35-24)29-13-15-34-16-14-29/h6-11,22-23,26H,4-5,12-18H2,1-3H3,(H,28,32). The fraction of sp³-hybridized carbons (Fsp3) is 0.556. The summed E-state index contributed by atoms with van der Waals surface area (Å²) in [6.45, 7) is 7.98. The highest BCUT2D eigenvalue weighted by Gasteiger charge is 2.44. The van der Waals surface area contributed by atoms with E-state index in [1.807, 2.05) is 48.2 Å². The van der Waals surface area contributed by atoms with Gasteiger partial charge in [0.1, 0.15) is 17.3 Å². The summed E-state index contributed by atoms with van der Waals surface area (Å²) < 4.78 is 16.8. The third-order valence-corrected chi connectivity index (χ3v) is 7.02. The maximum Gasteiger partial charge on any atom is 0.226 e. The Hall–Kier alpha value is -2.84. The molecule has 35 heavy (non-hydrogen) atoms. The van der Waals surface area contributed by atoms with Gasteiger partial charge in [-0.1, -0.05) is 25.5 Å². The van der Waals surface area contributed by atoms with E-state index in [-0.39, 0.29) is 30.3 Å². The van der Waals surface area contributed by atoms with Crippen LogP contribution in [0.3, 0.4) is 0 Å². The highest BCUT2D eigenvalue weighted by molar-refractivity contribution is 5.90. The van der Waals surface area contributed by atoms with Gasteiger partial charge >= 0.3 is 0 Å². The van der Waals surface area contributed by atoms with Crippen molar-refractivity contribution in [2.45, 2.75) is 45.2 Å². The van der Waals surface area contributed by atoms with Gasteiger partial charge in [0.2, 0.25) is 11.8 Å². The average molecular weight is 484 g/mol. The number of benzene rings is 1. The number of carbonyl (C=O) groups excluding carboxylic acids is 2. The van der Waals surface area contributed by atoms with E-state index in [4.69, 9.17) is 13.9 Å². The molecule has 0 aliphatic carbocycles. The predicted molar refractivity (Wildman–Crippen MR) is 132 cm³/mol. The number of hydrogen-bond donors (Lipinski definition) is 1. The molecule has 3 atom stereocenters. The van der Waals surface area contributed by atoms with E-state index in [1.54, 1.807) is 7.11 Å². The quantitative estimate of drug-likeness (QED) is 0.557. The third kappa shape index (κ3) is 5.87. The molecule has 0 spiro atoms. The molecule has 2 aromatic rings. The smallest absolute Gasteiger partial charge is 0.226 e. The van der Waals surface area contributed by atoms with E-state index in [0.29, 0.717) is 26.3 Å². The van der Waals surface area contributed by atoms with E-state index < -0.39 is 5.92 Å². The SMILES string of the molecule is CCCCN1C(=O)CC(C(=O)NCC(c2ccc(C)o2)N2CCOCC2)C1c1ccc(OC)cc1. The van der Waals surface area contributed by atoms with Crippen molar-refractivity contribution < 1.29 is 23.5 Å². The predicted octanol–water partition coefficient (Wildman–Crippen LogP) is 3.48. The summed E-state index contributed by atoms with van der Waals surface area (Å²) in [5, 5.41) is 3.16. The second-order valence-corrected chi connectivity index (χ2v) is 9.33. The zero-order valence-corrected chi connectivity index (χ0v) is 21.0. The minimum absolute atomic E-state index is 0.0332. The number of nitrogens with zero attached hydrogens (tertiary/aromatic N) is 2. The van der Waals surface area contributed by atoms with Crippen LogP contribution in [0.2, 0.25) is 0 Å². The summed E-state index contributed by atoms with van der Waals surface area (Å²) >= 11 is 0. The number of unbranched alkanes of at least 4 members (excludes halogenated alkanes) is 1. The van der Waals surface area contributed by atoms with Crippen LogP contribution in [0.5, 0.6) is 5.75 Å². The number of morpholine rings is 1. The zero-order chi connectivity index (χ0) is 24.8. The van der Waals surface area contributed by atoms with Crippen LogP contribution in [-0.4, -0.2) is 68.1 Å². The molecule has 190 valence electrons. The number of ether oxygens (including phenoxy) is 2. The van der Waals surface area contributed by atoms with Crippen molar-refractivity contribution in [2.24, 2.45) is 5.92 Å². The Morgan fingerprint density at radius 1 is 1.17 bits per heavy atom. The number of aryl methyl sites for hydroxylation is 1. The maximum absolute atomic E-state index is 13.6. The van der Waals surface area contributed by atoms with Gasteiger partial charge in [0, 0.05) is 32.6 Å². The summed E-state index contributed by atoms with van der Waals surface area (Å²) in [5.41, 5.74) is 0.958. The van der Waals surface area contributed by atoms with E-state index in [0.717, 1.165) is 48.8 Å². The summed E-state index contributed by atoms with van der Waals surface area (Å²) in [4.78, 5) is 30.7. The van der Waals surface area contributed by atoms with Gasteiger partial charge in [-0.3, -0.25) is 14.5 Å². The first-order valence-corrected chi connectivity index (χ1v) is 12.6. The number of likely N-dealkylation sites (tertiary alicyclic amines) is 1. The van der Waals surface area contributed by atoms with Crippen molar-refractivity contribution in [3.8, 4) is 5.75 Å². The highest BCUT2D eigenvalue weighted by Crippen LogP contribution is 2.39. The van der Waals surface area contributed by atoms with E-state index in [2.05, 4.69) is 17.1 Å². The third-order valence-electron chi connectivity index (χ3n) is 7.02. The van der Waals surface area contributed by atoms with Crippen LogP contribution < -0.4 is 10.1 Å². The van der Waals surface area contributed by atoms with Crippen LogP contribution in [0.25, 0.3) is 0 Å². The van der Waals surface area contributed by atoms with Crippen molar-refractivity contribution in [2.75, 3.05) is 46.5 Å². The molecule has 2 amide bonds. The van der Waals surface area contributed by atoms with Crippen LogP contribution >= 0.6 is 0 Å². The molecule has 4 rings (SSSR count). The van der Waals surface area contributed by atoms with Crippen molar-refractivity contribution >= 4 is 11.8 Å². The van der Waals surface area contributed by atoms with Gasteiger partial charge in [0.25, 0.3) is 0 Å². The van der Waals surface area contributed by atoms with Gasteiger partial charge in [-0.2, -0.15) is 0 Å². The van der Waals surface area contributed by atoms with Crippen LogP contribution in [0, 0.1) is 12.8 Å². The van der Waals surface area contributed by atoms with Crippen LogP contribution in [0.4, 0.5) is 0 Å². The van der Waals surface area contributed by atoms with E-state index in [1.165, 1.54) is 0 Å². The van der Waals surface area contributed by atoms with Gasteiger partial charge in [-0.15, -0.1) is 0 Å². The van der Waals surface area contributed by atoms with Crippen LogP contribution in [0.1, 0.15) is 55.4 Å². The minimum Gasteiger partial charge on any atom is -0.497 e. The lowest BCUT2D eigenvalue weighted by molar-refractivity contribution is -0.129. The summed E-state index contributed by atoms with van der Waals surface area (Å²) in [5.74, 6) is 1.92. The van der Waals surface area contributed by atoms with Gasteiger partial charge in [-0.05, 0) is 43.2 Å². The first kappa shape index (κ1) is 25.3. The van der Waals surface area contributed by atoms with Crippen molar-refractivity contribution in [1.29, 1.82) is 0 Å². The normalized spacial score (nSPS) is 21.8. The number of amides is 2. The zero-order valence-electron chi connectivity index (χ0n) is 21.0. The largest absolute Gasteiger partial charge is 0.497 e. The second-order valence-electron chi connectivity index (χ2n) is 9.33. The Balaban J connectivity index is 1.52. The molecule has 3 unspecified atom stereocenters. The number of hydrogen-bond acceptors (Lipinski definition) is 6. The monoisotopic (exact) mass is 483 g/mol. The van der Waals surface area contributed by atoms with Gasteiger partial charge in [-0.25, -0.2) is 0 Å². The average Bonchev–Trinajstić information content (AvgIpc) is 3.46. The van der Waals surface area contributed by atoms with Crippen LogP contribution in [-0.2, 0) is 14.3 Å². The number of methoxy groups -OCH3 is 1. The summed E-state index contributed by atoms with van der Waals surface area (Å²) in [6, 6.07) is 11.3. The molecule has 0 bridgehead atoms. The Bertz CT molecular complexity index is 983. The van der Waals surface area contributed by atoms with Crippen LogP contribution in [0.15, 0.2) is 40.8 Å². The molecule has 2 fully saturated rings. The first-order chi connectivity index (χ1) is 17.0. The van der Waals surface area contributed by atoms with Gasteiger partial charge in [0.15, 0.2) is 0 Å². The molecule has 0 radical (unpaired) electrons. The van der Waals surface area contributed by atoms with Crippen molar-refractivity contribution in [1.82, 2.24) is 15.1 Å². The molecule has 2 saturated heterocycles. The Kier molecular flexibility index (Phi) is 8.46. The van der Waals surface area contributed by atoms with Crippen molar-refractivity contribution in [3.05, 3.63) is 53.5 Å². The van der Waals surface area contributed by atoms with Crippen molar-refractivity contribution in [3.63, 3.8) is 0 Å². The molecule has 0 saturated carbocycles.